The number of carbonyl (C=O) groups excluding carboxylic acids is 1. The number of alkyl halides is 2. The highest BCUT2D eigenvalue weighted by molar-refractivity contribution is 6.34. The standard InChI is InChI=1S/C21H18ClF2N5O3/c1-11-3-2-4-14(17(11)22)20(30)29-12-8-28-18(26-27-19(28)16(29)10-31-9-12)15-7-13(5-6-25-15)32-21(23)24/h2-7,12,16,21H,8-10H2,1H3/t12-,16-/m1/s1. The molecular weight excluding hydrogens is 444 g/mol. The average Bonchev–Trinajstić information content (AvgIpc) is 3.18. The number of fused-ring (bicyclic) bond motifs is 4. The molecule has 0 N–H and O–H groups in total. The van der Waals surface area contributed by atoms with Crippen molar-refractivity contribution in [1.82, 2.24) is 24.6 Å². The topological polar surface area (TPSA) is 82.4 Å². The van der Waals surface area contributed by atoms with Gasteiger partial charge in [-0.3, -0.25) is 9.78 Å². The van der Waals surface area contributed by atoms with E-state index in [9.17, 15) is 13.6 Å². The Kier molecular flexibility index (Phi) is 5.26. The number of benzene rings is 1. The summed E-state index contributed by atoms with van der Waals surface area (Å²) in [4.78, 5) is 19.4. The Morgan fingerprint density at radius 2 is 2.12 bits per heavy atom. The SMILES string of the molecule is Cc1cccc(C(=O)N2[C@H]3COC[C@@H]2c2nnc(-c4cc(OC(F)F)ccn4)n2C3)c1Cl. The molecule has 2 aliphatic heterocycles. The Balaban J connectivity index is 1.51. The molecule has 1 fully saturated rings. The Morgan fingerprint density at radius 3 is 2.94 bits per heavy atom. The van der Waals surface area contributed by atoms with Gasteiger partial charge in [0.2, 0.25) is 0 Å². The monoisotopic (exact) mass is 461 g/mol. The molecule has 1 saturated heterocycles. The van der Waals surface area contributed by atoms with Crippen molar-refractivity contribution in [2.24, 2.45) is 0 Å². The number of morpholine rings is 1. The molecule has 0 unspecified atom stereocenters. The molecule has 1 amide bonds. The smallest absolute Gasteiger partial charge is 0.387 e. The summed E-state index contributed by atoms with van der Waals surface area (Å²) in [6.07, 6.45) is 1.37. The summed E-state index contributed by atoms with van der Waals surface area (Å²) in [6.45, 7) is -0.135. The van der Waals surface area contributed by atoms with E-state index in [0.29, 0.717) is 41.1 Å². The van der Waals surface area contributed by atoms with Crippen LogP contribution >= 0.6 is 11.6 Å². The van der Waals surface area contributed by atoms with E-state index in [2.05, 4.69) is 19.9 Å². The lowest BCUT2D eigenvalue weighted by atomic mass is 10.0. The number of hydrogen-bond acceptors (Lipinski definition) is 6. The summed E-state index contributed by atoms with van der Waals surface area (Å²) in [7, 11) is 0. The normalized spacial score (nSPS) is 19.7. The summed E-state index contributed by atoms with van der Waals surface area (Å²) in [6, 6.07) is 7.34. The number of carbonyl (C=O) groups is 1. The Labute approximate surface area is 186 Å². The number of aryl methyl sites for hydroxylation is 1. The highest BCUT2D eigenvalue weighted by atomic mass is 35.5. The first-order valence-electron chi connectivity index (χ1n) is 9.94. The van der Waals surface area contributed by atoms with Crippen LogP contribution in [0.4, 0.5) is 8.78 Å². The molecule has 2 atom stereocenters. The van der Waals surface area contributed by atoms with Gasteiger partial charge in [0, 0.05) is 18.8 Å². The zero-order valence-electron chi connectivity index (χ0n) is 16.9. The van der Waals surface area contributed by atoms with E-state index >= 15 is 0 Å². The van der Waals surface area contributed by atoms with Crippen molar-refractivity contribution in [3.8, 4) is 17.3 Å². The van der Waals surface area contributed by atoms with Gasteiger partial charge in [-0.05, 0) is 24.6 Å². The molecule has 4 heterocycles. The third kappa shape index (κ3) is 3.49. The third-order valence-corrected chi connectivity index (χ3v) is 6.13. The summed E-state index contributed by atoms with van der Waals surface area (Å²) in [5.74, 6) is 0.734. The summed E-state index contributed by atoms with van der Waals surface area (Å²) < 4.78 is 37.2. The van der Waals surface area contributed by atoms with Gasteiger partial charge >= 0.3 is 6.61 Å². The highest BCUT2D eigenvalue weighted by Gasteiger charge is 2.44. The molecule has 5 rings (SSSR count). The fourth-order valence-corrected chi connectivity index (χ4v) is 4.39. The number of amides is 1. The van der Waals surface area contributed by atoms with E-state index in [4.69, 9.17) is 16.3 Å². The Hall–Kier alpha value is -3.11. The third-order valence-electron chi connectivity index (χ3n) is 5.63. The van der Waals surface area contributed by atoms with Gasteiger partial charge in [0.15, 0.2) is 11.6 Å². The summed E-state index contributed by atoms with van der Waals surface area (Å²) in [5, 5.41) is 8.94. The Morgan fingerprint density at radius 1 is 1.28 bits per heavy atom. The van der Waals surface area contributed by atoms with Crippen LogP contribution in [-0.2, 0) is 11.3 Å². The number of nitrogens with zero attached hydrogens (tertiary/aromatic N) is 5. The van der Waals surface area contributed by atoms with Crippen molar-refractivity contribution in [2.75, 3.05) is 13.2 Å². The molecule has 2 aromatic heterocycles. The minimum Gasteiger partial charge on any atom is -0.435 e. The number of halogens is 3. The quantitative estimate of drug-likeness (QED) is 0.591. The van der Waals surface area contributed by atoms with Crippen LogP contribution in [0.5, 0.6) is 5.75 Å². The molecule has 3 aromatic rings. The van der Waals surface area contributed by atoms with Crippen molar-refractivity contribution < 1.29 is 23.0 Å². The largest absolute Gasteiger partial charge is 0.435 e. The van der Waals surface area contributed by atoms with E-state index in [0.717, 1.165) is 5.56 Å². The second-order valence-corrected chi connectivity index (χ2v) is 7.98. The van der Waals surface area contributed by atoms with Crippen molar-refractivity contribution in [3.05, 3.63) is 58.5 Å². The van der Waals surface area contributed by atoms with Gasteiger partial charge in [-0.1, -0.05) is 23.7 Å². The Bertz CT molecular complexity index is 1190. The summed E-state index contributed by atoms with van der Waals surface area (Å²) >= 11 is 6.41. The van der Waals surface area contributed by atoms with E-state index < -0.39 is 12.7 Å². The lowest BCUT2D eigenvalue weighted by Crippen LogP contribution is -2.56. The fraction of sp³-hybridized carbons (Fsp3) is 0.333. The molecule has 0 saturated carbocycles. The number of rotatable bonds is 4. The molecule has 166 valence electrons. The van der Waals surface area contributed by atoms with Gasteiger partial charge in [0.05, 0.1) is 29.8 Å². The van der Waals surface area contributed by atoms with Crippen LogP contribution in [0.1, 0.15) is 27.8 Å². The van der Waals surface area contributed by atoms with Crippen LogP contribution in [0.15, 0.2) is 36.5 Å². The van der Waals surface area contributed by atoms with E-state index in [1.54, 1.807) is 17.0 Å². The van der Waals surface area contributed by atoms with E-state index in [-0.39, 0.29) is 24.3 Å². The number of pyridine rings is 1. The zero-order valence-corrected chi connectivity index (χ0v) is 17.7. The maximum Gasteiger partial charge on any atom is 0.387 e. The van der Waals surface area contributed by atoms with Gasteiger partial charge in [-0.25, -0.2) is 0 Å². The molecular formula is C21H18ClF2N5O3. The van der Waals surface area contributed by atoms with Crippen LogP contribution in [0, 0.1) is 6.92 Å². The van der Waals surface area contributed by atoms with Crippen LogP contribution in [0.2, 0.25) is 5.02 Å². The van der Waals surface area contributed by atoms with Crippen LogP contribution < -0.4 is 4.74 Å². The van der Waals surface area contributed by atoms with Crippen molar-refractivity contribution in [1.29, 1.82) is 0 Å². The maximum atomic E-state index is 13.4. The van der Waals surface area contributed by atoms with Crippen LogP contribution in [-0.4, -0.2) is 56.4 Å². The van der Waals surface area contributed by atoms with Crippen LogP contribution in [0.3, 0.4) is 0 Å². The first-order valence-corrected chi connectivity index (χ1v) is 10.3. The minimum absolute atomic E-state index is 0.0208. The zero-order chi connectivity index (χ0) is 22.4. The van der Waals surface area contributed by atoms with Gasteiger partial charge in [-0.2, -0.15) is 8.78 Å². The number of aromatic nitrogens is 4. The molecule has 0 aliphatic carbocycles. The lowest BCUT2D eigenvalue weighted by molar-refractivity contribution is -0.0569. The first-order chi connectivity index (χ1) is 15.4. The highest BCUT2D eigenvalue weighted by Crippen LogP contribution is 2.37. The molecule has 8 nitrogen and oxygen atoms in total. The average molecular weight is 462 g/mol. The predicted molar refractivity (Wildman–Crippen MR) is 110 cm³/mol. The van der Waals surface area contributed by atoms with Gasteiger partial charge in [0.25, 0.3) is 5.91 Å². The second kappa shape index (κ2) is 8.10. The van der Waals surface area contributed by atoms with Gasteiger partial charge in [-0.15, -0.1) is 10.2 Å². The molecule has 1 aromatic carbocycles. The maximum absolute atomic E-state index is 13.4. The summed E-state index contributed by atoms with van der Waals surface area (Å²) in [5.41, 5.74) is 1.59. The molecule has 32 heavy (non-hydrogen) atoms. The molecule has 2 aliphatic rings. The van der Waals surface area contributed by atoms with Gasteiger partial charge < -0.3 is 18.9 Å². The van der Waals surface area contributed by atoms with E-state index in [1.807, 2.05) is 17.6 Å². The van der Waals surface area contributed by atoms with E-state index in [1.165, 1.54) is 18.3 Å². The second-order valence-electron chi connectivity index (χ2n) is 7.60. The van der Waals surface area contributed by atoms with Crippen molar-refractivity contribution in [3.63, 3.8) is 0 Å². The molecule has 2 bridgehead atoms. The molecule has 0 spiro atoms. The lowest BCUT2D eigenvalue weighted by Gasteiger charge is -2.45. The van der Waals surface area contributed by atoms with Crippen molar-refractivity contribution in [2.45, 2.75) is 32.2 Å². The molecule has 0 radical (unpaired) electrons. The fourth-order valence-electron chi connectivity index (χ4n) is 4.18. The van der Waals surface area contributed by atoms with Crippen molar-refractivity contribution >= 4 is 17.5 Å². The number of ether oxygens (including phenoxy) is 2. The predicted octanol–water partition coefficient (Wildman–Crippen LogP) is 3.50. The van der Waals surface area contributed by atoms with Crippen LogP contribution in [0.25, 0.3) is 11.5 Å². The first kappa shape index (κ1) is 20.8. The number of hydrogen-bond donors (Lipinski definition) is 0. The van der Waals surface area contributed by atoms with Gasteiger partial charge in [0.1, 0.15) is 17.5 Å². The minimum atomic E-state index is -2.94. The molecule has 11 heteroatoms.